The van der Waals surface area contributed by atoms with Crippen molar-refractivity contribution in [2.24, 2.45) is 11.7 Å². The van der Waals surface area contributed by atoms with Crippen LogP contribution in [-0.2, 0) is 0 Å². The second-order valence-corrected chi connectivity index (χ2v) is 4.69. The van der Waals surface area contributed by atoms with Gasteiger partial charge >= 0.3 is 0 Å². The number of hydrogen-bond donors (Lipinski definition) is 2. The molecule has 0 bridgehead atoms. The smallest absolute Gasteiger partial charge is 0.200 e. The van der Waals surface area contributed by atoms with Crippen LogP contribution in [-0.4, -0.2) is 11.2 Å². The maximum absolute atomic E-state index is 13.5. The van der Waals surface area contributed by atoms with E-state index in [1.165, 1.54) is 0 Å². The molecule has 1 fully saturated rings. The van der Waals surface area contributed by atoms with Gasteiger partial charge in [0.1, 0.15) is 0 Å². The fraction of sp³-hybridized carbons (Fsp3) is 0.500. The highest BCUT2D eigenvalue weighted by Gasteiger charge is 2.36. The summed E-state index contributed by atoms with van der Waals surface area (Å²) in [5, 5.41) is 9.79. The number of halogens is 5. The highest BCUT2D eigenvalue weighted by molar-refractivity contribution is 5.27. The first-order valence-corrected chi connectivity index (χ1v) is 5.81. The molecule has 1 aromatic carbocycles. The number of hydrogen-bond acceptors (Lipinski definition) is 2. The number of benzene rings is 1. The number of aliphatic hydroxyl groups excluding tert-OH is 1. The Morgan fingerprint density at radius 1 is 0.895 bits per heavy atom. The molecule has 3 N–H and O–H groups in total. The molecule has 0 saturated heterocycles. The average molecular weight is 281 g/mol. The lowest BCUT2D eigenvalue weighted by Gasteiger charge is -2.34. The van der Waals surface area contributed by atoms with E-state index in [9.17, 15) is 27.1 Å². The van der Waals surface area contributed by atoms with Crippen molar-refractivity contribution in [3.8, 4) is 0 Å². The lowest BCUT2D eigenvalue weighted by atomic mass is 9.77. The van der Waals surface area contributed by atoms with Crippen LogP contribution in [0.1, 0.15) is 30.9 Å². The largest absolute Gasteiger partial charge is 0.391 e. The van der Waals surface area contributed by atoms with Gasteiger partial charge in [-0.3, -0.25) is 0 Å². The van der Waals surface area contributed by atoms with Gasteiger partial charge in [0.25, 0.3) is 0 Å². The SMILES string of the molecule is N[C@H](c1c(F)c(F)c(F)c(F)c1F)[C@@H](O)C1CCC1. The Hall–Kier alpha value is -1.21. The number of aliphatic hydroxyl groups is 1. The van der Waals surface area contributed by atoms with Crippen molar-refractivity contribution in [2.75, 3.05) is 0 Å². The van der Waals surface area contributed by atoms with Gasteiger partial charge in [0, 0.05) is 5.56 Å². The lowest BCUT2D eigenvalue weighted by Crippen LogP contribution is -2.37. The van der Waals surface area contributed by atoms with Gasteiger partial charge in [-0.05, 0) is 18.8 Å². The molecule has 0 amide bonds. The monoisotopic (exact) mass is 281 g/mol. The molecule has 2 rings (SSSR count). The van der Waals surface area contributed by atoms with Crippen LogP contribution < -0.4 is 5.73 Å². The maximum Gasteiger partial charge on any atom is 0.200 e. The summed E-state index contributed by atoms with van der Waals surface area (Å²) in [6, 6.07) is -1.64. The Balaban J connectivity index is 2.43. The van der Waals surface area contributed by atoms with Crippen LogP contribution in [0.4, 0.5) is 22.0 Å². The zero-order valence-electron chi connectivity index (χ0n) is 9.77. The molecule has 2 nitrogen and oxygen atoms in total. The normalized spacial score (nSPS) is 19.1. The van der Waals surface area contributed by atoms with Crippen molar-refractivity contribution in [3.63, 3.8) is 0 Å². The molecule has 19 heavy (non-hydrogen) atoms. The van der Waals surface area contributed by atoms with E-state index in [2.05, 4.69) is 0 Å². The van der Waals surface area contributed by atoms with Crippen molar-refractivity contribution < 1.29 is 27.1 Å². The molecule has 106 valence electrons. The van der Waals surface area contributed by atoms with Crippen molar-refractivity contribution >= 4 is 0 Å². The van der Waals surface area contributed by atoms with Crippen LogP contribution in [0, 0.1) is 35.0 Å². The van der Waals surface area contributed by atoms with Gasteiger partial charge in [-0.25, -0.2) is 22.0 Å². The Morgan fingerprint density at radius 2 is 1.32 bits per heavy atom. The van der Waals surface area contributed by atoms with E-state index in [4.69, 9.17) is 5.73 Å². The highest BCUT2D eigenvalue weighted by atomic mass is 19.2. The summed E-state index contributed by atoms with van der Waals surface area (Å²) in [6.45, 7) is 0. The summed E-state index contributed by atoms with van der Waals surface area (Å²) in [7, 11) is 0. The molecule has 0 unspecified atom stereocenters. The molecule has 0 radical (unpaired) electrons. The Kier molecular flexibility index (Phi) is 3.78. The first kappa shape index (κ1) is 14.2. The van der Waals surface area contributed by atoms with Gasteiger partial charge in [-0.15, -0.1) is 0 Å². The molecule has 1 aliphatic rings. The third-order valence-corrected chi connectivity index (χ3v) is 3.58. The summed E-state index contributed by atoms with van der Waals surface area (Å²) >= 11 is 0. The zero-order valence-corrected chi connectivity index (χ0v) is 9.77. The van der Waals surface area contributed by atoms with Gasteiger partial charge < -0.3 is 10.8 Å². The average Bonchev–Trinajstić information content (AvgIpc) is 2.32. The van der Waals surface area contributed by atoms with Crippen molar-refractivity contribution in [3.05, 3.63) is 34.6 Å². The fourth-order valence-corrected chi connectivity index (χ4v) is 2.16. The molecule has 0 aliphatic heterocycles. The minimum Gasteiger partial charge on any atom is -0.391 e. The number of rotatable bonds is 3. The van der Waals surface area contributed by atoms with E-state index < -0.39 is 46.8 Å². The van der Waals surface area contributed by atoms with E-state index >= 15 is 0 Å². The summed E-state index contributed by atoms with van der Waals surface area (Å²) in [5.41, 5.74) is 4.30. The topological polar surface area (TPSA) is 46.2 Å². The van der Waals surface area contributed by atoms with E-state index in [1.807, 2.05) is 0 Å². The van der Waals surface area contributed by atoms with E-state index in [0.717, 1.165) is 6.42 Å². The Bertz CT molecular complexity index is 474. The zero-order chi connectivity index (χ0) is 14.3. The maximum atomic E-state index is 13.5. The minimum absolute atomic E-state index is 0.273. The predicted octanol–water partition coefficient (Wildman–Crippen LogP) is 2.54. The Morgan fingerprint density at radius 3 is 1.68 bits per heavy atom. The standard InChI is InChI=1S/C12H12F5NO/c13-6-5(7(14)9(16)10(17)8(6)15)11(18)12(19)4-2-1-3-4/h4,11-12,19H,1-3,18H2/t11-,12+/m1/s1. The number of nitrogens with two attached hydrogens (primary N) is 1. The summed E-state index contributed by atoms with van der Waals surface area (Å²) in [4.78, 5) is 0. The van der Waals surface area contributed by atoms with Crippen LogP contribution in [0.3, 0.4) is 0 Å². The van der Waals surface area contributed by atoms with Crippen LogP contribution >= 0.6 is 0 Å². The van der Waals surface area contributed by atoms with E-state index in [0.29, 0.717) is 12.8 Å². The molecule has 1 saturated carbocycles. The molecule has 0 aromatic heterocycles. The molecule has 7 heteroatoms. The summed E-state index contributed by atoms with van der Waals surface area (Å²) in [5.74, 6) is -10.6. The molecular formula is C12H12F5NO. The molecule has 1 aromatic rings. The van der Waals surface area contributed by atoms with Crippen LogP contribution in [0.5, 0.6) is 0 Å². The van der Waals surface area contributed by atoms with Crippen molar-refractivity contribution in [2.45, 2.75) is 31.4 Å². The molecule has 2 atom stereocenters. The van der Waals surface area contributed by atoms with E-state index in [-0.39, 0.29) is 5.92 Å². The van der Waals surface area contributed by atoms with Crippen molar-refractivity contribution in [1.29, 1.82) is 0 Å². The third-order valence-electron chi connectivity index (χ3n) is 3.58. The quantitative estimate of drug-likeness (QED) is 0.508. The Labute approximate surface area is 106 Å². The minimum atomic E-state index is -2.23. The lowest BCUT2D eigenvalue weighted by molar-refractivity contribution is 0.0390. The van der Waals surface area contributed by atoms with Crippen LogP contribution in [0.15, 0.2) is 0 Å². The first-order valence-electron chi connectivity index (χ1n) is 5.81. The fourth-order valence-electron chi connectivity index (χ4n) is 2.16. The van der Waals surface area contributed by atoms with E-state index in [1.54, 1.807) is 0 Å². The highest BCUT2D eigenvalue weighted by Crippen LogP contribution is 2.36. The first-order chi connectivity index (χ1) is 8.86. The molecular weight excluding hydrogens is 269 g/mol. The second kappa shape index (κ2) is 5.05. The van der Waals surface area contributed by atoms with Crippen LogP contribution in [0.2, 0.25) is 0 Å². The van der Waals surface area contributed by atoms with Gasteiger partial charge in [0.2, 0.25) is 5.82 Å². The summed E-state index contributed by atoms with van der Waals surface area (Å²) in [6.07, 6.45) is 0.738. The van der Waals surface area contributed by atoms with Gasteiger partial charge in [0.05, 0.1) is 12.1 Å². The van der Waals surface area contributed by atoms with Gasteiger partial charge in [-0.1, -0.05) is 6.42 Å². The molecule has 1 aliphatic carbocycles. The third kappa shape index (κ3) is 2.21. The second-order valence-electron chi connectivity index (χ2n) is 4.69. The molecule has 0 heterocycles. The van der Waals surface area contributed by atoms with Crippen molar-refractivity contribution in [1.82, 2.24) is 0 Å². The van der Waals surface area contributed by atoms with Gasteiger partial charge in [0.15, 0.2) is 23.3 Å². The molecule has 0 spiro atoms. The van der Waals surface area contributed by atoms with Gasteiger partial charge in [-0.2, -0.15) is 0 Å². The van der Waals surface area contributed by atoms with Crippen LogP contribution in [0.25, 0.3) is 0 Å². The predicted molar refractivity (Wildman–Crippen MR) is 56.5 cm³/mol. The summed E-state index contributed by atoms with van der Waals surface area (Å²) < 4.78 is 65.9.